The highest BCUT2D eigenvalue weighted by Crippen LogP contribution is 2.21. The molecule has 0 amide bonds. The summed E-state index contributed by atoms with van der Waals surface area (Å²) in [7, 11) is 1.68. The predicted octanol–water partition coefficient (Wildman–Crippen LogP) is 0.347. The summed E-state index contributed by atoms with van der Waals surface area (Å²) in [4.78, 5) is 24.1. The van der Waals surface area contributed by atoms with Gasteiger partial charge in [0.2, 0.25) is 5.95 Å². The first-order valence-corrected chi connectivity index (χ1v) is 8.12. The summed E-state index contributed by atoms with van der Waals surface area (Å²) in [5.74, 6) is 0.815. The number of aromatic nitrogens is 4. The number of aryl methyl sites for hydroxylation is 1. The lowest BCUT2D eigenvalue weighted by Gasteiger charge is -2.28. The molecule has 2 aromatic heterocycles. The van der Waals surface area contributed by atoms with Gasteiger partial charge in [0.25, 0.3) is 5.56 Å². The maximum Gasteiger partial charge on any atom is 0.301 e. The van der Waals surface area contributed by atoms with E-state index in [1.807, 2.05) is 25.3 Å². The molecule has 0 atom stereocenters. The normalized spacial score (nSPS) is 15.6. The van der Waals surface area contributed by atoms with Gasteiger partial charge in [0.05, 0.1) is 6.10 Å². The largest absolute Gasteiger partial charge is 0.462 e. The number of hydrogen-bond donors (Lipinski definition) is 1. The minimum absolute atomic E-state index is 0.0496. The number of hydrogen-bond acceptors (Lipinski definition) is 6. The first-order chi connectivity index (χ1) is 11.0. The van der Waals surface area contributed by atoms with Gasteiger partial charge in [0.1, 0.15) is 0 Å². The quantitative estimate of drug-likeness (QED) is 0.876. The van der Waals surface area contributed by atoms with Crippen LogP contribution in [0.4, 0.5) is 5.95 Å². The molecule has 1 N–H and O–H groups in total. The van der Waals surface area contributed by atoms with Crippen LogP contribution in [0.3, 0.4) is 0 Å². The first-order valence-electron chi connectivity index (χ1n) is 8.12. The number of ether oxygens (including phenoxy) is 1. The van der Waals surface area contributed by atoms with Crippen LogP contribution in [0.15, 0.2) is 4.79 Å². The summed E-state index contributed by atoms with van der Waals surface area (Å²) in [5.41, 5.74) is 0.875. The number of nitrogens with zero attached hydrogens (tertiary/aromatic N) is 5. The Hall–Kier alpha value is -2.09. The van der Waals surface area contributed by atoms with Crippen LogP contribution in [0.5, 0.6) is 6.01 Å². The monoisotopic (exact) mass is 320 g/mol. The summed E-state index contributed by atoms with van der Waals surface area (Å²) in [6, 6.07) is 0.310. The van der Waals surface area contributed by atoms with E-state index in [2.05, 4.69) is 20.2 Å². The van der Waals surface area contributed by atoms with Gasteiger partial charge in [-0.15, -0.1) is 0 Å². The molecule has 0 aliphatic carbocycles. The third-order valence-electron chi connectivity index (χ3n) is 3.98. The number of fused-ring (bicyclic) bond motifs is 1. The molecule has 126 valence electrons. The summed E-state index contributed by atoms with van der Waals surface area (Å²) < 4.78 is 9.05. The Kier molecular flexibility index (Phi) is 4.25. The molecule has 0 saturated carbocycles. The zero-order valence-electron chi connectivity index (χ0n) is 14.2. The maximum atomic E-state index is 12.8. The minimum Gasteiger partial charge on any atom is -0.462 e. The molecule has 1 aliphatic heterocycles. The maximum absolute atomic E-state index is 12.8. The van der Waals surface area contributed by atoms with Crippen molar-refractivity contribution >= 4 is 17.1 Å². The van der Waals surface area contributed by atoms with Gasteiger partial charge in [0.15, 0.2) is 11.2 Å². The number of imidazole rings is 1. The van der Waals surface area contributed by atoms with E-state index in [0.717, 1.165) is 32.1 Å². The van der Waals surface area contributed by atoms with Crippen molar-refractivity contribution in [2.24, 2.45) is 7.05 Å². The molecule has 3 heterocycles. The Morgan fingerprint density at radius 1 is 1.26 bits per heavy atom. The summed E-state index contributed by atoms with van der Waals surface area (Å²) in [6.07, 6.45) is -0.0496. The van der Waals surface area contributed by atoms with E-state index in [-0.39, 0.29) is 11.7 Å². The third kappa shape index (κ3) is 2.78. The van der Waals surface area contributed by atoms with E-state index in [9.17, 15) is 4.79 Å². The topological polar surface area (TPSA) is 77.2 Å². The van der Waals surface area contributed by atoms with E-state index >= 15 is 0 Å². The molecule has 8 heteroatoms. The average molecular weight is 320 g/mol. The molecule has 2 aromatic rings. The molecular formula is C15H24N6O2. The predicted molar refractivity (Wildman–Crippen MR) is 89.3 cm³/mol. The second kappa shape index (κ2) is 6.19. The van der Waals surface area contributed by atoms with E-state index in [1.54, 1.807) is 7.05 Å². The molecule has 0 radical (unpaired) electrons. The van der Waals surface area contributed by atoms with Crippen LogP contribution in [0.1, 0.15) is 20.8 Å². The molecule has 1 saturated heterocycles. The Morgan fingerprint density at radius 3 is 2.57 bits per heavy atom. The number of nitrogens with one attached hydrogen (secondary N) is 1. The fourth-order valence-corrected chi connectivity index (χ4v) is 2.85. The molecule has 0 spiro atoms. The van der Waals surface area contributed by atoms with E-state index in [4.69, 9.17) is 4.74 Å². The van der Waals surface area contributed by atoms with Gasteiger partial charge in [-0.3, -0.25) is 9.36 Å². The molecule has 3 rings (SSSR count). The van der Waals surface area contributed by atoms with Gasteiger partial charge in [-0.25, -0.2) is 0 Å². The van der Waals surface area contributed by atoms with Gasteiger partial charge >= 0.3 is 6.01 Å². The van der Waals surface area contributed by atoms with E-state index < -0.39 is 0 Å². The Labute approximate surface area is 135 Å². The summed E-state index contributed by atoms with van der Waals surface area (Å²) >= 11 is 0. The fourth-order valence-electron chi connectivity index (χ4n) is 2.85. The zero-order valence-corrected chi connectivity index (χ0v) is 14.2. The van der Waals surface area contributed by atoms with Crippen molar-refractivity contribution in [3.05, 3.63) is 10.4 Å². The van der Waals surface area contributed by atoms with Crippen LogP contribution < -0.4 is 20.5 Å². The van der Waals surface area contributed by atoms with E-state index in [1.165, 1.54) is 4.57 Å². The van der Waals surface area contributed by atoms with Crippen molar-refractivity contribution in [1.29, 1.82) is 0 Å². The molecule has 0 aromatic carbocycles. The lowest BCUT2D eigenvalue weighted by molar-refractivity contribution is 0.212. The SMILES string of the molecule is CCn1c(N2CCNCC2)nc2nc(OC(C)C)n(C)c(=O)c21. The number of rotatable bonds is 4. The van der Waals surface area contributed by atoms with Crippen molar-refractivity contribution in [3.63, 3.8) is 0 Å². The van der Waals surface area contributed by atoms with E-state index in [0.29, 0.717) is 23.7 Å². The van der Waals surface area contributed by atoms with Crippen LogP contribution in [0.25, 0.3) is 11.2 Å². The van der Waals surface area contributed by atoms with Crippen molar-refractivity contribution in [2.75, 3.05) is 31.1 Å². The van der Waals surface area contributed by atoms with Gasteiger partial charge in [-0.1, -0.05) is 0 Å². The highest BCUT2D eigenvalue weighted by atomic mass is 16.5. The molecule has 1 fully saturated rings. The fraction of sp³-hybridized carbons (Fsp3) is 0.667. The van der Waals surface area contributed by atoms with Crippen LogP contribution in [-0.2, 0) is 13.6 Å². The second-order valence-corrected chi connectivity index (χ2v) is 5.99. The summed E-state index contributed by atoms with van der Waals surface area (Å²) in [5, 5.41) is 3.33. The third-order valence-corrected chi connectivity index (χ3v) is 3.98. The van der Waals surface area contributed by atoms with Crippen molar-refractivity contribution in [3.8, 4) is 6.01 Å². The first kappa shape index (κ1) is 15.8. The molecular weight excluding hydrogens is 296 g/mol. The molecule has 8 nitrogen and oxygen atoms in total. The standard InChI is InChI=1S/C15H24N6O2/c1-5-21-11-12(17-14(21)20-8-6-16-7-9-20)18-15(23-10(2)3)19(4)13(11)22/h10,16H,5-9H2,1-4H3. The Morgan fingerprint density at radius 2 is 1.96 bits per heavy atom. The molecule has 0 unspecified atom stereocenters. The van der Waals surface area contributed by atoms with Gasteiger partial charge in [-0.05, 0) is 20.8 Å². The Balaban J connectivity index is 2.16. The van der Waals surface area contributed by atoms with Gasteiger partial charge in [0, 0.05) is 39.8 Å². The molecule has 0 bridgehead atoms. The van der Waals surface area contributed by atoms with Crippen LogP contribution in [-0.4, -0.2) is 51.4 Å². The van der Waals surface area contributed by atoms with Gasteiger partial charge in [-0.2, -0.15) is 9.97 Å². The zero-order chi connectivity index (χ0) is 16.6. The highest BCUT2D eigenvalue weighted by Gasteiger charge is 2.22. The number of piperazine rings is 1. The van der Waals surface area contributed by atoms with Crippen molar-refractivity contribution in [1.82, 2.24) is 24.4 Å². The molecule has 1 aliphatic rings. The minimum atomic E-state index is -0.124. The second-order valence-electron chi connectivity index (χ2n) is 5.99. The van der Waals surface area contributed by atoms with Gasteiger partial charge < -0.3 is 19.5 Å². The van der Waals surface area contributed by atoms with Crippen LogP contribution >= 0.6 is 0 Å². The highest BCUT2D eigenvalue weighted by molar-refractivity contribution is 5.74. The average Bonchev–Trinajstić information content (AvgIpc) is 2.91. The van der Waals surface area contributed by atoms with Crippen LogP contribution in [0, 0.1) is 0 Å². The smallest absolute Gasteiger partial charge is 0.301 e. The van der Waals surface area contributed by atoms with Crippen molar-refractivity contribution < 1.29 is 4.74 Å². The summed E-state index contributed by atoms with van der Waals surface area (Å²) in [6.45, 7) is 10.1. The lowest BCUT2D eigenvalue weighted by Crippen LogP contribution is -2.44. The van der Waals surface area contributed by atoms with Crippen molar-refractivity contribution in [2.45, 2.75) is 33.4 Å². The molecule has 23 heavy (non-hydrogen) atoms. The Bertz CT molecular complexity index is 757. The van der Waals surface area contributed by atoms with Crippen LogP contribution in [0.2, 0.25) is 0 Å². The number of anilines is 1. The lowest BCUT2D eigenvalue weighted by atomic mass is 10.4.